The van der Waals surface area contributed by atoms with Gasteiger partial charge in [-0.3, -0.25) is 4.98 Å². The van der Waals surface area contributed by atoms with E-state index >= 15 is 0 Å². The molecule has 160 valence electrons. The third-order valence-electron chi connectivity index (χ3n) is 5.34. The summed E-state index contributed by atoms with van der Waals surface area (Å²) < 4.78 is 46.0. The van der Waals surface area contributed by atoms with Gasteiger partial charge in [-0.15, -0.1) is 0 Å². The van der Waals surface area contributed by atoms with Crippen molar-refractivity contribution in [3.05, 3.63) is 47.8 Å². The summed E-state index contributed by atoms with van der Waals surface area (Å²) in [6, 6.07) is 7.47. The van der Waals surface area contributed by atoms with Crippen molar-refractivity contribution >= 4 is 11.4 Å². The van der Waals surface area contributed by atoms with Gasteiger partial charge in [0, 0.05) is 43.6 Å². The highest BCUT2D eigenvalue weighted by atomic mass is 19.4. The Hall–Kier alpha value is -2.95. The normalized spacial score (nSPS) is 16.8. The smallest absolute Gasteiger partial charge is 0.417 e. The van der Waals surface area contributed by atoms with Crippen molar-refractivity contribution in [1.82, 2.24) is 4.98 Å². The lowest BCUT2D eigenvalue weighted by Gasteiger charge is -2.41. The zero-order chi connectivity index (χ0) is 21.7. The molecule has 0 spiro atoms. The number of alkyl halides is 3. The Morgan fingerprint density at radius 2 is 2.10 bits per heavy atom. The fourth-order valence-electron chi connectivity index (χ4n) is 4.01. The van der Waals surface area contributed by atoms with Crippen molar-refractivity contribution in [2.75, 3.05) is 36.0 Å². The van der Waals surface area contributed by atoms with Crippen LogP contribution in [0.3, 0.4) is 0 Å². The molecule has 3 rings (SSSR count). The van der Waals surface area contributed by atoms with E-state index in [0.29, 0.717) is 25.4 Å². The summed E-state index contributed by atoms with van der Waals surface area (Å²) in [6.45, 7) is 6.45. The lowest BCUT2D eigenvalue weighted by molar-refractivity contribution is -0.137. The molecule has 1 saturated heterocycles. The fourth-order valence-corrected chi connectivity index (χ4v) is 4.01. The van der Waals surface area contributed by atoms with Gasteiger partial charge in [0.25, 0.3) is 0 Å². The highest BCUT2D eigenvalue weighted by Gasteiger charge is 2.35. The van der Waals surface area contributed by atoms with Gasteiger partial charge >= 0.3 is 6.18 Å². The van der Waals surface area contributed by atoms with E-state index in [1.807, 2.05) is 24.8 Å². The maximum atomic E-state index is 13.4. The van der Waals surface area contributed by atoms with Crippen LogP contribution in [0, 0.1) is 11.3 Å². The minimum atomic E-state index is -4.57. The Bertz CT molecular complexity index is 910. The quantitative estimate of drug-likeness (QED) is 0.670. The van der Waals surface area contributed by atoms with E-state index in [0.717, 1.165) is 36.9 Å². The van der Waals surface area contributed by atoms with E-state index in [1.165, 1.54) is 6.07 Å². The molecule has 1 aromatic heterocycles. The molecule has 0 N–H and O–H groups in total. The molecule has 1 fully saturated rings. The Morgan fingerprint density at radius 3 is 2.77 bits per heavy atom. The molecular formula is C22H25F3N4O. The molecule has 30 heavy (non-hydrogen) atoms. The molecule has 2 heterocycles. The van der Waals surface area contributed by atoms with Crippen molar-refractivity contribution in [2.24, 2.45) is 0 Å². The molecule has 1 atom stereocenters. The number of piperidine rings is 1. The van der Waals surface area contributed by atoms with Gasteiger partial charge in [-0.25, -0.2) is 0 Å². The van der Waals surface area contributed by atoms with E-state index in [2.05, 4.69) is 9.88 Å². The minimum absolute atomic E-state index is 0.0347. The predicted octanol–water partition coefficient (Wildman–Crippen LogP) is 4.87. The second-order valence-corrected chi connectivity index (χ2v) is 7.14. The van der Waals surface area contributed by atoms with Gasteiger partial charge in [-0.2, -0.15) is 18.4 Å². The second kappa shape index (κ2) is 9.24. The van der Waals surface area contributed by atoms with Crippen molar-refractivity contribution in [3.8, 4) is 11.8 Å². The van der Waals surface area contributed by atoms with Crippen LogP contribution in [-0.2, 0) is 6.18 Å². The Balaban J connectivity index is 1.88. The highest BCUT2D eigenvalue weighted by molar-refractivity contribution is 5.59. The average molecular weight is 418 g/mol. The molecule has 1 aliphatic rings. The van der Waals surface area contributed by atoms with Crippen LogP contribution in [0.25, 0.3) is 0 Å². The molecule has 0 bridgehead atoms. The zero-order valence-corrected chi connectivity index (χ0v) is 17.1. The summed E-state index contributed by atoms with van der Waals surface area (Å²) in [5.41, 5.74) is 0.131. The first-order chi connectivity index (χ1) is 14.4. The van der Waals surface area contributed by atoms with Gasteiger partial charge in [0.2, 0.25) is 0 Å². The minimum Gasteiger partial charge on any atom is -0.492 e. The molecule has 1 aliphatic heterocycles. The molecule has 8 heteroatoms. The fraction of sp³-hybridized carbons (Fsp3) is 0.455. The first-order valence-electron chi connectivity index (χ1n) is 10.1. The van der Waals surface area contributed by atoms with Gasteiger partial charge < -0.3 is 14.5 Å². The Morgan fingerprint density at radius 1 is 1.30 bits per heavy atom. The van der Waals surface area contributed by atoms with Gasteiger partial charge in [-0.1, -0.05) is 0 Å². The molecule has 0 aliphatic carbocycles. The number of halogens is 3. The SMILES string of the molecule is CCOc1ccncc1N1CCCC(N(CC)c2ccc(C#N)c(C(F)(F)F)c2)C1. The maximum Gasteiger partial charge on any atom is 0.417 e. The van der Waals surface area contributed by atoms with Crippen molar-refractivity contribution in [3.63, 3.8) is 0 Å². The van der Waals surface area contributed by atoms with E-state index in [9.17, 15) is 13.2 Å². The number of nitriles is 1. The van der Waals surface area contributed by atoms with Crippen molar-refractivity contribution in [1.29, 1.82) is 5.26 Å². The standard InChI is InChI=1S/C22H25F3N4O/c1-3-29(17-8-7-16(13-26)19(12-17)22(23,24)25)18-6-5-11-28(15-18)20-14-27-10-9-21(20)30-4-2/h7-10,12,14,18H,3-6,11,15H2,1-2H3. The summed E-state index contributed by atoms with van der Waals surface area (Å²) in [7, 11) is 0. The summed E-state index contributed by atoms with van der Waals surface area (Å²) in [4.78, 5) is 8.39. The number of hydrogen-bond donors (Lipinski definition) is 0. The number of benzene rings is 1. The molecule has 1 aromatic carbocycles. The Labute approximate surface area is 174 Å². The van der Waals surface area contributed by atoms with E-state index in [1.54, 1.807) is 24.5 Å². The first kappa shape index (κ1) is 21.8. The number of likely N-dealkylation sites (N-methyl/N-ethyl adjacent to an activating group) is 1. The largest absolute Gasteiger partial charge is 0.492 e. The van der Waals surface area contributed by atoms with Crippen molar-refractivity contribution < 1.29 is 17.9 Å². The molecule has 2 aromatic rings. The average Bonchev–Trinajstić information content (AvgIpc) is 2.74. The summed E-state index contributed by atoms with van der Waals surface area (Å²) in [6.07, 6.45) is 0.665. The van der Waals surface area contributed by atoms with Gasteiger partial charge in [0.15, 0.2) is 0 Å². The zero-order valence-electron chi connectivity index (χ0n) is 17.1. The van der Waals surface area contributed by atoms with Crippen LogP contribution < -0.4 is 14.5 Å². The van der Waals surface area contributed by atoms with Crippen LogP contribution >= 0.6 is 0 Å². The van der Waals surface area contributed by atoms with Crippen LogP contribution in [0.1, 0.15) is 37.8 Å². The first-order valence-corrected chi connectivity index (χ1v) is 10.1. The summed E-state index contributed by atoms with van der Waals surface area (Å²) >= 11 is 0. The third-order valence-corrected chi connectivity index (χ3v) is 5.34. The van der Waals surface area contributed by atoms with Gasteiger partial charge in [0.1, 0.15) is 5.75 Å². The molecule has 0 radical (unpaired) electrons. The van der Waals surface area contributed by atoms with E-state index in [-0.39, 0.29) is 11.6 Å². The van der Waals surface area contributed by atoms with Crippen molar-refractivity contribution in [2.45, 2.75) is 38.9 Å². The lowest BCUT2D eigenvalue weighted by Crippen LogP contribution is -2.48. The summed E-state index contributed by atoms with van der Waals surface area (Å²) in [5.74, 6) is 0.758. The van der Waals surface area contributed by atoms with Crippen LogP contribution in [0.4, 0.5) is 24.5 Å². The number of pyridine rings is 1. The molecule has 5 nitrogen and oxygen atoms in total. The maximum absolute atomic E-state index is 13.4. The van der Waals surface area contributed by atoms with E-state index < -0.39 is 11.7 Å². The predicted molar refractivity (Wildman–Crippen MR) is 110 cm³/mol. The van der Waals surface area contributed by atoms with Crippen LogP contribution in [0.5, 0.6) is 5.75 Å². The summed E-state index contributed by atoms with van der Waals surface area (Å²) in [5, 5.41) is 9.06. The second-order valence-electron chi connectivity index (χ2n) is 7.14. The topological polar surface area (TPSA) is 52.4 Å². The lowest BCUT2D eigenvalue weighted by atomic mass is 10.0. The monoisotopic (exact) mass is 418 g/mol. The number of ether oxygens (including phenoxy) is 1. The number of anilines is 2. The molecule has 1 unspecified atom stereocenters. The number of aromatic nitrogens is 1. The molecule has 0 saturated carbocycles. The number of hydrogen-bond acceptors (Lipinski definition) is 5. The van der Waals surface area contributed by atoms with E-state index in [4.69, 9.17) is 10.00 Å². The number of nitrogens with zero attached hydrogens (tertiary/aromatic N) is 4. The molecular weight excluding hydrogens is 393 g/mol. The van der Waals surface area contributed by atoms with Crippen LogP contribution in [0.2, 0.25) is 0 Å². The van der Waals surface area contributed by atoms with Gasteiger partial charge in [-0.05, 0) is 44.9 Å². The van der Waals surface area contributed by atoms with Crippen LogP contribution in [0.15, 0.2) is 36.7 Å². The van der Waals surface area contributed by atoms with Crippen LogP contribution in [-0.4, -0.2) is 37.3 Å². The Kier molecular flexibility index (Phi) is 6.70. The van der Waals surface area contributed by atoms with Gasteiger partial charge in [0.05, 0.1) is 35.7 Å². The molecule has 0 amide bonds. The number of rotatable bonds is 6. The highest BCUT2D eigenvalue weighted by Crippen LogP contribution is 2.36. The third kappa shape index (κ3) is 4.61.